The lowest BCUT2D eigenvalue weighted by molar-refractivity contribution is 0.0362. The fourth-order valence-corrected chi connectivity index (χ4v) is 12.4. The first-order valence-corrected chi connectivity index (χ1v) is 15.9. The van der Waals surface area contributed by atoms with Gasteiger partial charge in [-0.2, -0.15) is 0 Å². The molecule has 1 amide bonds. The molecule has 0 fully saturated rings. The molecule has 0 radical (unpaired) electrons. The molecule has 0 aromatic rings. The number of carbonyl (C=O) groups is 1. The van der Waals surface area contributed by atoms with Gasteiger partial charge in [-0.15, -0.1) is 0 Å². The van der Waals surface area contributed by atoms with Crippen LogP contribution in [0.4, 0.5) is 4.79 Å². The fraction of sp³-hybridized carbons (Fsp3) is 0.955. The summed E-state index contributed by atoms with van der Waals surface area (Å²) >= 11 is 0. The summed E-state index contributed by atoms with van der Waals surface area (Å²) < 4.78 is 24.6. The van der Waals surface area contributed by atoms with Gasteiger partial charge in [0.15, 0.2) is 0 Å². The van der Waals surface area contributed by atoms with Crippen molar-refractivity contribution >= 4 is 23.2 Å². The highest BCUT2D eigenvalue weighted by Gasteiger charge is 2.49. The SMILES string of the molecule is CCO[Si](CCCN(C)C(=O)O[Si](C(C)C)(C(C)C)C(C)C)(OCC)OC(C)CC. The molecular formula is C22H49NO5Si2. The van der Waals surface area contributed by atoms with E-state index in [1.54, 1.807) is 4.90 Å². The molecule has 0 N–H and O–H groups in total. The van der Waals surface area contributed by atoms with Crippen molar-refractivity contribution in [2.24, 2.45) is 0 Å². The lowest BCUT2D eigenvalue weighted by Crippen LogP contribution is -2.51. The number of carbonyl (C=O) groups excluding carboxylic acids is 1. The van der Waals surface area contributed by atoms with Crippen molar-refractivity contribution in [3.8, 4) is 0 Å². The molecule has 0 aliphatic heterocycles. The van der Waals surface area contributed by atoms with Crippen molar-refractivity contribution in [3.05, 3.63) is 0 Å². The van der Waals surface area contributed by atoms with Gasteiger partial charge in [-0.05, 0) is 50.2 Å². The van der Waals surface area contributed by atoms with Gasteiger partial charge in [0.05, 0.1) is 0 Å². The molecule has 0 aromatic heterocycles. The Hall–Kier alpha value is -0.416. The Bertz CT molecular complexity index is 460. The van der Waals surface area contributed by atoms with Crippen molar-refractivity contribution in [1.82, 2.24) is 4.90 Å². The van der Waals surface area contributed by atoms with Gasteiger partial charge in [0, 0.05) is 39.0 Å². The second-order valence-electron chi connectivity index (χ2n) is 9.10. The van der Waals surface area contributed by atoms with E-state index in [4.69, 9.17) is 17.7 Å². The van der Waals surface area contributed by atoms with E-state index in [0.717, 1.165) is 12.8 Å². The molecular weight excluding hydrogens is 414 g/mol. The van der Waals surface area contributed by atoms with Crippen LogP contribution in [-0.2, 0) is 17.7 Å². The third-order valence-corrected chi connectivity index (χ3v) is 15.1. The van der Waals surface area contributed by atoms with Crippen LogP contribution in [-0.4, -0.2) is 61.0 Å². The quantitative estimate of drug-likeness (QED) is 0.261. The highest BCUT2D eigenvalue weighted by atomic mass is 28.4. The van der Waals surface area contributed by atoms with E-state index in [1.165, 1.54) is 0 Å². The minimum Gasteiger partial charge on any atom is -0.503 e. The molecule has 0 rings (SSSR count). The number of amides is 1. The van der Waals surface area contributed by atoms with E-state index in [9.17, 15) is 4.79 Å². The first-order valence-electron chi connectivity index (χ1n) is 11.8. The van der Waals surface area contributed by atoms with Gasteiger partial charge < -0.3 is 22.6 Å². The molecule has 0 saturated heterocycles. The summed E-state index contributed by atoms with van der Waals surface area (Å²) in [6.07, 6.45) is 1.55. The number of hydrogen-bond donors (Lipinski definition) is 0. The average molecular weight is 464 g/mol. The van der Waals surface area contributed by atoms with Gasteiger partial charge in [0.1, 0.15) is 0 Å². The monoisotopic (exact) mass is 463 g/mol. The predicted molar refractivity (Wildman–Crippen MR) is 129 cm³/mol. The van der Waals surface area contributed by atoms with Gasteiger partial charge in [0.25, 0.3) is 8.32 Å². The van der Waals surface area contributed by atoms with Crippen molar-refractivity contribution in [1.29, 1.82) is 0 Å². The third-order valence-electron chi connectivity index (χ3n) is 5.94. The normalized spacial score (nSPS) is 13.9. The molecule has 0 aromatic carbocycles. The molecule has 0 aliphatic carbocycles. The van der Waals surface area contributed by atoms with Crippen molar-refractivity contribution in [2.75, 3.05) is 26.8 Å². The van der Waals surface area contributed by atoms with E-state index in [0.29, 0.717) is 42.4 Å². The predicted octanol–water partition coefficient (Wildman–Crippen LogP) is 6.45. The highest BCUT2D eigenvalue weighted by molar-refractivity contribution is 6.78. The van der Waals surface area contributed by atoms with Crippen LogP contribution in [0.25, 0.3) is 0 Å². The number of hydrogen-bond acceptors (Lipinski definition) is 5. The van der Waals surface area contributed by atoms with Crippen LogP contribution in [0.5, 0.6) is 0 Å². The second kappa shape index (κ2) is 13.9. The van der Waals surface area contributed by atoms with Crippen molar-refractivity contribution in [2.45, 2.75) is 111 Å². The number of nitrogens with zero attached hydrogens (tertiary/aromatic N) is 1. The summed E-state index contributed by atoms with van der Waals surface area (Å²) in [5.41, 5.74) is 1.11. The standard InChI is InChI=1S/C22H49NO5Si2/c1-12-21(10)27-29(25-13-2,26-14-3)17-15-16-23(11)22(24)28-30(18(4)5,19(6)7)20(8)9/h18-21H,12-17H2,1-11H3. The Morgan fingerprint density at radius 1 is 0.867 bits per heavy atom. The minimum atomic E-state index is -2.75. The Labute approximate surface area is 188 Å². The maximum absolute atomic E-state index is 13.0. The number of rotatable bonds is 15. The maximum atomic E-state index is 13.0. The first-order chi connectivity index (χ1) is 13.9. The van der Waals surface area contributed by atoms with E-state index in [-0.39, 0.29) is 12.2 Å². The molecule has 1 unspecified atom stereocenters. The summed E-state index contributed by atoms with van der Waals surface area (Å²) in [7, 11) is -3.17. The molecule has 180 valence electrons. The topological polar surface area (TPSA) is 57.2 Å². The zero-order valence-corrected chi connectivity index (χ0v) is 23.5. The zero-order chi connectivity index (χ0) is 23.5. The Kier molecular flexibility index (Phi) is 13.7. The summed E-state index contributed by atoms with van der Waals surface area (Å²) in [6, 6.07) is 0.692. The Morgan fingerprint density at radius 3 is 1.70 bits per heavy atom. The summed E-state index contributed by atoms with van der Waals surface area (Å²) in [5, 5.41) is 0. The van der Waals surface area contributed by atoms with Crippen molar-refractivity contribution in [3.63, 3.8) is 0 Å². The molecule has 0 aliphatic rings. The zero-order valence-electron chi connectivity index (χ0n) is 21.5. The largest absolute Gasteiger partial charge is 0.503 e. The van der Waals surface area contributed by atoms with Crippen LogP contribution in [0.1, 0.15) is 82.1 Å². The Balaban J connectivity index is 5.14. The second-order valence-corrected chi connectivity index (χ2v) is 17.2. The molecule has 0 bridgehead atoms. The average Bonchev–Trinajstić information content (AvgIpc) is 2.65. The molecule has 0 saturated carbocycles. The van der Waals surface area contributed by atoms with Crippen molar-refractivity contribution < 1.29 is 22.5 Å². The van der Waals surface area contributed by atoms with Crippen LogP contribution in [0.15, 0.2) is 0 Å². The van der Waals surface area contributed by atoms with Crippen LogP contribution in [0.2, 0.25) is 22.7 Å². The van der Waals surface area contributed by atoms with Crippen LogP contribution < -0.4 is 0 Å². The van der Waals surface area contributed by atoms with Crippen LogP contribution in [0, 0.1) is 0 Å². The van der Waals surface area contributed by atoms with Gasteiger partial charge in [-0.3, -0.25) is 0 Å². The maximum Gasteiger partial charge on any atom is 0.501 e. The van der Waals surface area contributed by atoms with Gasteiger partial charge in [-0.1, -0.05) is 48.5 Å². The lowest BCUT2D eigenvalue weighted by Gasteiger charge is -2.42. The summed E-state index contributed by atoms with van der Waals surface area (Å²) in [6.45, 7) is 22.9. The summed E-state index contributed by atoms with van der Waals surface area (Å²) in [4.78, 5) is 14.7. The molecule has 6 nitrogen and oxygen atoms in total. The van der Waals surface area contributed by atoms with E-state index in [1.807, 2.05) is 20.9 Å². The first kappa shape index (κ1) is 29.6. The molecule has 0 heterocycles. The van der Waals surface area contributed by atoms with E-state index >= 15 is 0 Å². The van der Waals surface area contributed by atoms with E-state index < -0.39 is 17.1 Å². The highest BCUT2D eigenvalue weighted by Crippen LogP contribution is 2.42. The fourth-order valence-electron chi connectivity index (χ4n) is 4.35. The lowest BCUT2D eigenvalue weighted by atomic mass is 10.3. The van der Waals surface area contributed by atoms with E-state index in [2.05, 4.69) is 55.4 Å². The Morgan fingerprint density at radius 2 is 1.33 bits per heavy atom. The minimum absolute atomic E-state index is 0.0900. The molecule has 0 spiro atoms. The van der Waals surface area contributed by atoms with Crippen LogP contribution in [0.3, 0.4) is 0 Å². The van der Waals surface area contributed by atoms with Crippen LogP contribution >= 0.6 is 0 Å². The third kappa shape index (κ3) is 8.26. The van der Waals surface area contributed by atoms with Gasteiger partial charge in [0.2, 0.25) is 0 Å². The molecule has 8 heteroatoms. The molecule has 1 atom stereocenters. The van der Waals surface area contributed by atoms with Gasteiger partial charge in [-0.25, -0.2) is 4.79 Å². The summed E-state index contributed by atoms with van der Waals surface area (Å²) in [5.74, 6) is 0. The molecule has 30 heavy (non-hydrogen) atoms. The smallest absolute Gasteiger partial charge is 0.501 e. The van der Waals surface area contributed by atoms with Gasteiger partial charge >= 0.3 is 14.9 Å².